The van der Waals surface area contributed by atoms with E-state index in [0.717, 1.165) is 40.9 Å². The molecule has 0 saturated carbocycles. The normalized spacial score (nSPS) is 18.5. The van der Waals surface area contributed by atoms with Crippen LogP contribution in [0.15, 0.2) is 60.7 Å². The van der Waals surface area contributed by atoms with Crippen molar-refractivity contribution in [1.29, 1.82) is 0 Å². The van der Waals surface area contributed by atoms with Gasteiger partial charge in [-0.25, -0.2) is 0 Å². The number of likely N-dealkylation sites (tertiary alicyclic amines) is 1. The van der Waals surface area contributed by atoms with E-state index in [-0.39, 0.29) is 6.04 Å². The van der Waals surface area contributed by atoms with Crippen molar-refractivity contribution in [1.82, 2.24) is 9.88 Å². The molecule has 3 aromatic rings. The second-order valence-electron chi connectivity index (χ2n) is 6.84. The standard InChI is InChI=1S/C22H22N2O3/c1-27-17-11-8-16(9-12-17)21(24-14-4-7-20(24)22(25)26)19-13-10-15-5-2-3-6-18(15)23-19/h2-3,5-6,8-13,20-21H,4,7,14H2,1H3,(H,25,26). The maximum Gasteiger partial charge on any atom is 0.320 e. The summed E-state index contributed by atoms with van der Waals surface area (Å²) in [5.74, 6) is 0.00646. The molecule has 2 unspecified atom stereocenters. The Kier molecular flexibility index (Phi) is 4.77. The summed E-state index contributed by atoms with van der Waals surface area (Å²) in [7, 11) is 1.64. The predicted molar refractivity (Wildman–Crippen MR) is 104 cm³/mol. The van der Waals surface area contributed by atoms with Crippen molar-refractivity contribution in [2.45, 2.75) is 24.9 Å². The van der Waals surface area contributed by atoms with Crippen LogP contribution in [0.25, 0.3) is 10.9 Å². The average Bonchev–Trinajstić information content (AvgIpc) is 3.18. The molecule has 138 valence electrons. The van der Waals surface area contributed by atoms with Crippen LogP contribution in [0.2, 0.25) is 0 Å². The van der Waals surface area contributed by atoms with Gasteiger partial charge in [0.25, 0.3) is 0 Å². The number of para-hydroxylation sites is 1. The molecule has 1 aromatic heterocycles. The van der Waals surface area contributed by atoms with Crippen molar-refractivity contribution < 1.29 is 14.6 Å². The molecule has 5 heteroatoms. The van der Waals surface area contributed by atoms with Gasteiger partial charge in [0.2, 0.25) is 0 Å². The number of benzene rings is 2. The first-order chi connectivity index (χ1) is 13.2. The fourth-order valence-corrected chi connectivity index (χ4v) is 3.92. The summed E-state index contributed by atoms with van der Waals surface area (Å²) in [4.78, 5) is 18.7. The summed E-state index contributed by atoms with van der Waals surface area (Å²) < 4.78 is 5.27. The molecule has 1 fully saturated rings. The highest BCUT2D eigenvalue weighted by Gasteiger charge is 2.37. The molecule has 1 N–H and O–H groups in total. The molecule has 0 bridgehead atoms. The Morgan fingerprint density at radius 1 is 1.15 bits per heavy atom. The maximum absolute atomic E-state index is 11.8. The van der Waals surface area contributed by atoms with Crippen LogP contribution in [-0.4, -0.2) is 40.7 Å². The van der Waals surface area contributed by atoms with Crippen molar-refractivity contribution >= 4 is 16.9 Å². The second kappa shape index (κ2) is 7.37. The third-order valence-electron chi connectivity index (χ3n) is 5.24. The maximum atomic E-state index is 11.8. The first kappa shape index (κ1) is 17.5. The number of hydrogen-bond donors (Lipinski definition) is 1. The zero-order valence-corrected chi connectivity index (χ0v) is 15.2. The van der Waals surface area contributed by atoms with E-state index < -0.39 is 12.0 Å². The van der Waals surface area contributed by atoms with E-state index in [1.54, 1.807) is 7.11 Å². The van der Waals surface area contributed by atoms with Crippen molar-refractivity contribution in [3.05, 3.63) is 71.9 Å². The van der Waals surface area contributed by atoms with Crippen LogP contribution in [0.4, 0.5) is 0 Å². The first-order valence-electron chi connectivity index (χ1n) is 9.15. The molecular formula is C22H22N2O3. The Morgan fingerprint density at radius 3 is 2.67 bits per heavy atom. The summed E-state index contributed by atoms with van der Waals surface area (Å²) in [5, 5.41) is 10.8. The average molecular weight is 362 g/mol. The minimum absolute atomic E-state index is 0.205. The van der Waals surface area contributed by atoms with Gasteiger partial charge in [0.05, 0.1) is 24.4 Å². The Hall–Kier alpha value is -2.92. The number of nitrogens with zero attached hydrogens (tertiary/aromatic N) is 2. The van der Waals surface area contributed by atoms with Crippen LogP contribution in [0.1, 0.15) is 30.1 Å². The lowest BCUT2D eigenvalue weighted by Crippen LogP contribution is -2.39. The lowest BCUT2D eigenvalue weighted by Gasteiger charge is -2.31. The monoisotopic (exact) mass is 362 g/mol. The van der Waals surface area contributed by atoms with Crippen LogP contribution in [0.5, 0.6) is 5.75 Å². The Labute approximate surface area is 158 Å². The molecule has 0 aliphatic carbocycles. The van der Waals surface area contributed by atoms with Gasteiger partial charge in [-0.2, -0.15) is 0 Å². The zero-order valence-electron chi connectivity index (χ0n) is 15.2. The van der Waals surface area contributed by atoms with Crippen LogP contribution in [0, 0.1) is 0 Å². The number of methoxy groups -OCH3 is 1. The number of hydrogen-bond acceptors (Lipinski definition) is 4. The minimum Gasteiger partial charge on any atom is -0.497 e. The Bertz CT molecular complexity index is 955. The number of rotatable bonds is 5. The molecule has 4 rings (SSSR count). The lowest BCUT2D eigenvalue weighted by molar-refractivity contribution is -0.142. The summed E-state index contributed by atoms with van der Waals surface area (Å²) in [6, 6.07) is 19.2. The lowest BCUT2D eigenvalue weighted by atomic mass is 9.99. The van der Waals surface area contributed by atoms with Crippen LogP contribution in [0.3, 0.4) is 0 Å². The number of fused-ring (bicyclic) bond motifs is 1. The summed E-state index contributed by atoms with van der Waals surface area (Å²) in [6.45, 7) is 0.738. The van der Waals surface area contributed by atoms with Crippen molar-refractivity contribution in [2.24, 2.45) is 0 Å². The van der Waals surface area contributed by atoms with Crippen LogP contribution in [-0.2, 0) is 4.79 Å². The number of aliphatic carboxylic acids is 1. The Morgan fingerprint density at radius 2 is 1.93 bits per heavy atom. The third kappa shape index (κ3) is 3.38. The fraction of sp³-hybridized carbons (Fsp3) is 0.273. The number of carboxylic acid groups (broad SMARTS) is 1. The van der Waals surface area contributed by atoms with Gasteiger partial charge in [0, 0.05) is 11.9 Å². The molecule has 5 nitrogen and oxygen atoms in total. The highest BCUT2D eigenvalue weighted by molar-refractivity contribution is 5.78. The number of ether oxygens (including phenoxy) is 1. The number of pyridine rings is 1. The van der Waals surface area contributed by atoms with Gasteiger partial charge >= 0.3 is 5.97 Å². The largest absolute Gasteiger partial charge is 0.497 e. The van der Waals surface area contributed by atoms with E-state index in [1.807, 2.05) is 54.6 Å². The highest BCUT2D eigenvalue weighted by atomic mass is 16.5. The summed E-state index contributed by atoms with van der Waals surface area (Å²) in [5.41, 5.74) is 2.80. The molecule has 1 saturated heterocycles. The molecule has 27 heavy (non-hydrogen) atoms. The quantitative estimate of drug-likeness (QED) is 0.746. The van der Waals surface area contributed by atoms with Crippen LogP contribution >= 0.6 is 0 Å². The molecule has 1 aliphatic rings. The van der Waals surface area contributed by atoms with Gasteiger partial charge in [0.1, 0.15) is 11.8 Å². The van der Waals surface area contributed by atoms with E-state index >= 15 is 0 Å². The Balaban J connectivity index is 1.82. The SMILES string of the molecule is COc1ccc(C(c2ccc3ccccc3n2)N2CCCC2C(=O)O)cc1. The predicted octanol–water partition coefficient (Wildman–Crippen LogP) is 3.88. The van der Waals surface area contributed by atoms with Crippen molar-refractivity contribution in [3.8, 4) is 5.75 Å². The van der Waals surface area contributed by atoms with Crippen molar-refractivity contribution in [3.63, 3.8) is 0 Å². The first-order valence-corrected chi connectivity index (χ1v) is 9.15. The van der Waals surface area contributed by atoms with E-state index in [0.29, 0.717) is 6.42 Å². The molecule has 1 aliphatic heterocycles. The number of carboxylic acids is 1. The second-order valence-corrected chi connectivity index (χ2v) is 6.84. The van der Waals surface area contributed by atoms with E-state index in [1.165, 1.54) is 0 Å². The van der Waals surface area contributed by atoms with Gasteiger partial charge in [-0.1, -0.05) is 36.4 Å². The van der Waals surface area contributed by atoms with E-state index in [4.69, 9.17) is 9.72 Å². The van der Waals surface area contributed by atoms with Gasteiger partial charge in [-0.3, -0.25) is 14.7 Å². The van der Waals surface area contributed by atoms with Gasteiger partial charge in [-0.05, 0) is 42.7 Å². The summed E-state index contributed by atoms with van der Waals surface area (Å²) in [6.07, 6.45) is 1.53. The zero-order chi connectivity index (χ0) is 18.8. The minimum atomic E-state index is -0.771. The van der Waals surface area contributed by atoms with Gasteiger partial charge in [0.15, 0.2) is 0 Å². The molecule has 0 radical (unpaired) electrons. The molecule has 2 heterocycles. The molecule has 0 spiro atoms. The smallest absolute Gasteiger partial charge is 0.320 e. The van der Waals surface area contributed by atoms with Crippen molar-refractivity contribution in [2.75, 3.05) is 13.7 Å². The fourth-order valence-electron chi connectivity index (χ4n) is 3.92. The van der Waals surface area contributed by atoms with E-state index in [9.17, 15) is 9.90 Å². The summed E-state index contributed by atoms with van der Waals surface area (Å²) >= 11 is 0. The highest BCUT2D eigenvalue weighted by Crippen LogP contribution is 2.35. The van der Waals surface area contributed by atoms with Gasteiger partial charge < -0.3 is 9.84 Å². The van der Waals surface area contributed by atoms with E-state index in [2.05, 4.69) is 11.0 Å². The van der Waals surface area contributed by atoms with Crippen LogP contribution < -0.4 is 4.74 Å². The molecule has 2 aromatic carbocycles. The third-order valence-corrected chi connectivity index (χ3v) is 5.24. The molecule has 0 amide bonds. The van der Waals surface area contributed by atoms with Gasteiger partial charge in [-0.15, -0.1) is 0 Å². The molecule has 2 atom stereocenters. The number of aromatic nitrogens is 1. The molecular weight excluding hydrogens is 340 g/mol. The number of carbonyl (C=O) groups is 1. The topological polar surface area (TPSA) is 62.7 Å².